The van der Waals surface area contributed by atoms with Crippen molar-refractivity contribution in [3.8, 4) is 0 Å². The quantitative estimate of drug-likeness (QED) is 0.927. The molecule has 1 amide bonds. The Balaban J connectivity index is 1.88. The Bertz CT molecular complexity index is 510. The predicted molar refractivity (Wildman–Crippen MR) is 77.3 cm³/mol. The molecule has 0 bridgehead atoms. The van der Waals surface area contributed by atoms with Crippen molar-refractivity contribution in [1.29, 1.82) is 0 Å². The van der Waals surface area contributed by atoms with E-state index in [1.54, 1.807) is 12.3 Å². The van der Waals surface area contributed by atoms with Crippen LogP contribution in [0, 0.1) is 0 Å². The maximum Gasteiger partial charge on any atom is 0.397 e. The Morgan fingerprint density at radius 2 is 2.05 bits per heavy atom. The van der Waals surface area contributed by atoms with Crippen LogP contribution in [-0.4, -0.2) is 48.1 Å². The highest BCUT2D eigenvalue weighted by Gasteiger charge is 2.35. The van der Waals surface area contributed by atoms with E-state index in [0.717, 1.165) is 5.82 Å². The van der Waals surface area contributed by atoms with Crippen LogP contribution in [0.15, 0.2) is 18.3 Å². The fourth-order valence-electron chi connectivity index (χ4n) is 2.57. The van der Waals surface area contributed by atoms with Crippen LogP contribution in [0.1, 0.15) is 19.3 Å². The molecule has 8 heteroatoms. The number of hydrogen-bond donors (Lipinski definition) is 1. The first-order chi connectivity index (χ1) is 10.3. The molecule has 0 saturated carbocycles. The predicted octanol–water partition coefficient (Wildman–Crippen LogP) is 2.04. The molecule has 22 heavy (non-hydrogen) atoms. The van der Waals surface area contributed by atoms with Crippen molar-refractivity contribution in [3.63, 3.8) is 0 Å². The highest BCUT2D eigenvalue weighted by molar-refractivity contribution is 5.76. The molecule has 1 aromatic heterocycles. The summed E-state index contributed by atoms with van der Waals surface area (Å²) in [4.78, 5) is 19.1. The second kappa shape index (κ2) is 6.41. The van der Waals surface area contributed by atoms with Crippen LogP contribution in [-0.2, 0) is 4.79 Å². The highest BCUT2D eigenvalue weighted by Crippen LogP contribution is 2.24. The van der Waals surface area contributed by atoms with E-state index in [1.807, 2.05) is 11.0 Å². The van der Waals surface area contributed by atoms with Crippen molar-refractivity contribution >= 4 is 17.4 Å². The molecule has 5 nitrogen and oxygen atoms in total. The van der Waals surface area contributed by atoms with Gasteiger partial charge in [0.2, 0.25) is 5.91 Å². The van der Waals surface area contributed by atoms with E-state index in [-0.39, 0.29) is 6.04 Å². The zero-order valence-corrected chi connectivity index (χ0v) is 12.3. The Morgan fingerprint density at radius 3 is 2.55 bits per heavy atom. The SMILES string of the molecule is CN(C(=O)CC(F)(F)F)C1CCN(c2ccc(N)cn2)CC1. The van der Waals surface area contributed by atoms with Gasteiger partial charge in [0.15, 0.2) is 0 Å². The van der Waals surface area contributed by atoms with E-state index in [0.29, 0.717) is 31.6 Å². The van der Waals surface area contributed by atoms with Crippen LogP contribution in [0.5, 0.6) is 0 Å². The molecule has 0 aliphatic carbocycles. The summed E-state index contributed by atoms with van der Waals surface area (Å²) in [5.41, 5.74) is 6.16. The molecule has 2 rings (SSSR count). The molecule has 2 N–H and O–H groups in total. The van der Waals surface area contributed by atoms with Crippen molar-refractivity contribution in [2.24, 2.45) is 0 Å². The van der Waals surface area contributed by atoms with E-state index in [4.69, 9.17) is 5.73 Å². The minimum absolute atomic E-state index is 0.167. The Hall–Kier alpha value is -1.99. The third kappa shape index (κ3) is 4.25. The number of aromatic nitrogens is 1. The van der Waals surface area contributed by atoms with Gasteiger partial charge in [-0.05, 0) is 25.0 Å². The summed E-state index contributed by atoms with van der Waals surface area (Å²) in [6.07, 6.45) is -3.05. The van der Waals surface area contributed by atoms with Gasteiger partial charge in [0.05, 0.1) is 11.9 Å². The van der Waals surface area contributed by atoms with Crippen molar-refractivity contribution in [2.75, 3.05) is 30.8 Å². The van der Waals surface area contributed by atoms with E-state index in [1.165, 1.54) is 11.9 Å². The summed E-state index contributed by atoms with van der Waals surface area (Å²) in [6, 6.07) is 3.40. The van der Waals surface area contributed by atoms with Crippen molar-refractivity contribution in [2.45, 2.75) is 31.5 Å². The van der Waals surface area contributed by atoms with Crippen LogP contribution < -0.4 is 10.6 Å². The Kier molecular flexibility index (Phi) is 4.77. The van der Waals surface area contributed by atoms with Gasteiger partial charge in [-0.2, -0.15) is 13.2 Å². The molecule has 0 radical (unpaired) electrons. The minimum atomic E-state index is -4.46. The molecule has 0 atom stereocenters. The number of halogens is 3. The average molecular weight is 316 g/mol. The van der Waals surface area contributed by atoms with Crippen molar-refractivity contribution in [3.05, 3.63) is 18.3 Å². The van der Waals surface area contributed by atoms with Crippen LogP contribution >= 0.6 is 0 Å². The van der Waals surface area contributed by atoms with E-state index >= 15 is 0 Å². The molecular formula is C14H19F3N4O. The van der Waals surface area contributed by atoms with E-state index in [2.05, 4.69) is 4.98 Å². The minimum Gasteiger partial charge on any atom is -0.397 e. The Labute approximate surface area is 126 Å². The number of nitrogens with zero attached hydrogens (tertiary/aromatic N) is 3. The van der Waals surface area contributed by atoms with E-state index < -0.39 is 18.5 Å². The lowest BCUT2D eigenvalue weighted by molar-refractivity contribution is -0.162. The van der Waals surface area contributed by atoms with E-state index in [9.17, 15) is 18.0 Å². The van der Waals surface area contributed by atoms with Gasteiger partial charge in [-0.15, -0.1) is 0 Å². The molecule has 1 saturated heterocycles. The van der Waals surface area contributed by atoms with Crippen LogP contribution in [0.3, 0.4) is 0 Å². The van der Waals surface area contributed by atoms with Gasteiger partial charge < -0.3 is 15.5 Å². The highest BCUT2D eigenvalue weighted by atomic mass is 19.4. The Morgan fingerprint density at radius 1 is 1.41 bits per heavy atom. The first-order valence-corrected chi connectivity index (χ1v) is 7.05. The number of piperidine rings is 1. The molecule has 1 aromatic rings. The first kappa shape index (κ1) is 16.4. The number of rotatable bonds is 3. The van der Waals surface area contributed by atoms with Gasteiger partial charge >= 0.3 is 6.18 Å². The molecule has 0 spiro atoms. The first-order valence-electron chi connectivity index (χ1n) is 7.05. The van der Waals surface area contributed by atoms with Gasteiger partial charge in [0, 0.05) is 26.2 Å². The number of alkyl halides is 3. The lowest BCUT2D eigenvalue weighted by atomic mass is 10.0. The lowest BCUT2D eigenvalue weighted by Crippen LogP contribution is -2.46. The maximum absolute atomic E-state index is 12.3. The number of nitrogens with two attached hydrogens (primary N) is 1. The number of hydrogen-bond acceptors (Lipinski definition) is 4. The maximum atomic E-state index is 12.3. The van der Waals surface area contributed by atoms with Crippen molar-refractivity contribution < 1.29 is 18.0 Å². The number of carbonyl (C=O) groups is 1. The molecule has 1 fully saturated rings. The standard InChI is InChI=1S/C14H19F3N4O/c1-20(13(22)8-14(15,16)17)11-4-6-21(7-5-11)12-3-2-10(18)9-19-12/h2-3,9,11H,4-8,18H2,1H3. The number of nitrogen functional groups attached to an aromatic ring is 1. The summed E-state index contributed by atoms with van der Waals surface area (Å²) in [5, 5.41) is 0. The number of anilines is 2. The molecule has 0 aromatic carbocycles. The summed E-state index contributed by atoms with van der Waals surface area (Å²) in [5.74, 6) is -0.0894. The topological polar surface area (TPSA) is 62.5 Å². The fourth-order valence-corrected chi connectivity index (χ4v) is 2.57. The van der Waals surface area contributed by atoms with Gasteiger partial charge in [-0.25, -0.2) is 4.98 Å². The second-order valence-corrected chi connectivity index (χ2v) is 5.46. The smallest absolute Gasteiger partial charge is 0.397 e. The van der Waals surface area contributed by atoms with Gasteiger partial charge in [0.25, 0.3) is 0 Å². The normalized spacial score (nSPS) is 16.6. The lowest BCUT2D eigenvalue weighted by Gasteiger charge is -2.37. The fraction of sp³-hybridized carbons (Fsp3) is 0.571. The zero-order chi connectivity index (χ0) is 16.3. The molecule has 2 heterocycles. The number of amides is 1. The van der Waals surface area contributed by atoms with Crippen LogP contribution in [0.25, 0.3) is 0 Å². The van der Waals surface area contributed by atoms with Crippen molar-refractivity contribution in [1.82, 2.24) is 9.88 Å². The van der Waals surface area contributed by atoms with Crippen LogP contribution in [0.4, 0.5) is 24.7 Å². The third-order valence-corrected chi connectivity index (χ3v) is 3.85. The largest absolute Gasteiger partial charge is 0.397 e. The summed E-state index contributed by atoms with van der Waals surface area (Å²) >= 11 is 0. The van der Waals surface area contributed by atoms with Gasteiger partial charge in [0.1, 0.15) is 12.2 Å². The average Bonchev–Trinajstić information content (AvgIpc) is 2.46. The summed E-state index contributed by atoms with van der Waals surface area (Å²) in [7, 11) is 1.44. The molecule has 1 aliphatic rings. The molecular weight excluding hydrogens is 297 g/mol. The monoisotopic (exact) mass is 316 g/mol. The van der Waals surface area contributed by atoms with Gasteiger partial charge in [-0.3, -0.25) is 4.79 Å². The van der Waals surface area contributed by atoms with Crippen LogP contribution in [0.2, 0.25) is 0 Å². The molecule has 122 valence electrons. The second-order valence-electron chi connectivity index (χ2n) is 5.46. The zero-order valence-electron chi connectivity index (χ0n) is 12.3. The molecule has 0 unspecified atom stereocenters. The summed E-state index contributed by atoms with van der Waals surface area (Å²) in [6.45, 7) is 1.29. The number of carbonyl (C=O) groups excluding carboxylic acids is 1. The van der Waals surface area contributed by atoms with Gasteiger partial charge in [-0.1, -0.05) is 0 Å². The molecule has 1 aliphatic heterocycles. The number of pyridine rings is 1. The summed E-state index contributed by atoms with van der Waals surface area (Å²) < 4.78 is 36.8. The third-order valence-electron chi connectivity index (χ3n) is 3.85.